The number of carbonyl (C=O) groups excluding carboxylic acids is 1. The molecule has 126 valence electrons. The first-order chi connectivity index (χ1) is 11.6. The topological polar surface area (TPSA) is 68.5 Å². The highest BCUT2D eigenvalue weighted by atomic mass is 35.5. The van der Waals surface area contributed by atoms with E-state index in [2.05, 4.69) is 15.6 Å². The van der Waals surface area contributed by atoms with Crippen molar-refractivity contribution >= 4 is 23.2 Å². The van der Waals surface area contributed by atoms with E-state index in [4.69, 9.17) is 16.4 Å². The van der Waals surface area contributed by atoms with Gasteiger partial charge in [0.25, 0.3) is 5.91 Å². The summed E-state index contributed by atoms with van der Waals surface area (Å²) in [5.74, 6) is -0.758. The molecule has 1 amide bonds. The largest absolute Gasteiger partial charge is 0.382 e. The Morgan fingerprint density at radius 1 is 1.46 bits per heavy atom. The van der Waals surface area contributed by atoms with Crippen LogP contribution in [0.3, 0.4) is 0 Å². The van der Waals surface area contributed by atoms with Crippen LogP contribution in [0.15, 0.2) is 41.8 Å². The number of benzene rings is 1. The van der Waals surface area contributed by atoms with E-state index in [1.165, 1.54) is 12.1 Å². The summed E-state index contributed by atoms with van der Waals surface area (Å²) in [4.78, 5) is 17.2. The van der Waals surface area contributed by atoms with E-state index >= 15 is 0 Å². The average molecular weight is 351 g/mol. The first kappa shape index (κ1) is 16.4. The van der Waals surface area contributed by atoms with Crippen molar-refractivity contribution in [1.82, 2.24) is 15.1 Å². The number of nitrogens with one attached hydrogen (secondary N) is 1. The maximum Gasteiger partial charge on any atom is 0.264 e. The summed E-state index contributed by atoms with van der Waals surface area (Å²) in [6, 6.07) is 6.23. The highest BCUT2D eigenvalue weighted by Gasteiger charge is 2.30. The summed E-state index contributed by atoms with van der Waals surface area (Å²) in [6.45, 7) is 1.21. The van der Waals surface area contributed by atoms with Crippen LogP contribution in [0.2, 0.25) is 5.02 Å². The van der Waals surface area contributed by atoms with Crippen LogP contribution in [-0.4, -0.2) is 34.0 Å². The molecule has 0 bridgehead atoms. The zero-order valence-electron chi connectivity index (χ0n) is 12.8. The average Bonchev–Trinajstić information content (AvgIpc) is 3.23. The number of rotatable bonds is 6. The Bertz CT molecular complexity index is 728. The van der Waals surface area contributed by atoms with Gasteiger partial charge in [-0.15, -0.1) is 0 Å². The second-order valence-corrected chi connectivity index (χ2v) is 5.75. The van der Waals surface area contributed by atoms with Crippen molar-refractivity contribution in [1.29, 1.82) is 0 Å². The van der Waals surface area contributed by atoms with Gasteiger partial charge in [0.1, 0.15) is 5.82 Å². The lowest BCUT2D eigenvalue weighted by Crippen LogP contribution is -2.35. The Balaban J connectivity index is 1.48. The molecule has 24 heavy (non-hydrogen) atoms. The van der Waals surface area contributed by atoms with Crippen molar-refractivity contribution in [3.8, 4) is 0 Å². The van der Waals surface area contributed by atoms with Gasteiger partial charge in [-0.05, 0) is 24.6 Å². The standard InChI is InChI=1S/C16H16ClFN4O2/c17-11-4-1-5-12(18)15(11)13-10-14(24-21-13)16(23)19-6-2-8-22-9-3-7-20-22/h1,3-5,7,9,14H,2,6,8,10H2,(H,19,23)/t14-/m1/s1. The first-order valence-corrected chi connectivity index (χ1v) is 7.95. The molecule has 1 aliphatic heterocycles. The fraction of sp³-hybridized carbons (Fsp3) is 0.312. The van der Waals surface area contributed by atoms with Gasteiger partial charge in [-0.2, -0.15) is 5.10 Å². The third-order valence-corrected chi connectivity index (χ3v) is 3.95. The molecule has 0 aliphatic carbocycles. The quantitative estimate of drug-likeness (QED) is 0.813. The monoisotopic (exact) mass is 350 g/mol. The zero-order valence-corrected chi connectivity index (χ0v) is 13.5. The highest BCUT2D eigenvalue weighted by molar-refractivity contribution is 6.34. The van der Waals surface area contributed by atoms with E-state index in [0.717, 1.165) is 6.42 Å². The van der Waals surface area contributed by atoms with Crippen LogP contribution in [-0.2, 0) is 16.2 Å². The number of aryl methyl sites for hydroxylation is 1. The van der Waals surface area contributed by atoms with Gasteiger partial charge in [0.2, 0.25) is 6.10 Å². The lowest BCUT2D eigenvalue weighted by molar-refractivity contribution is -0.131. The molecule has 0 fully saturated rings. The molecule has 0 unspecified atom stereocenters. The maximum atomic E-state index is 13.9. The molecule has 3 rings (SSSR count). The van der Waals surface area contributed by atoms with Gasteiger partial charge >= 0.3 is 0 Å². The van der Waals surface area contributed by atoms with Crippen molar-refractivity contribution in [3.05, 3.63) is 53.1 Å². The molecule has 1 aliphatic rings. The first-order valence-electron chi connectivity index (χ1n) is 7.57. The van der Waals surface area contributed by atoms with Gasteiger partial charge in [0.05, 0.1) is 16.3 Å². The van der Waals surface area contributed by atoms with Gasteiger partial charge in [-0.1, -0.05) is 22.8 Å². The van der Waals surface area contributed by atoms with Crippen LogP contribution >= 0.6 is 11.6 Å². The van der Waals surface area contributed by atoms with Gasteiger partial charge in [-0.25, -0.2) is 4.39 Å². The zero-order chi connectivity index (χ0) is 16.9. The Kier molecular flexibility index (Phi) is 5.10. The molecule has 8 heteroatoms. The molecule has 1 aromatic heterocycles. The summed E-state index contributed by atoms with van der Waals surface area (Å²) in [6.07, 6.45) is 3.73. The highest BCUT2D eigenvalue weighted by Crippen LogP contribution is 2.25. The van der Waals surface area contributed by atoms with Gasteiger partial charge in [-0.3, -0.25) is 9.48 Å². The smallest absolute Gasteiger partial charge is 0.264 e. The molecular formula is C16H16ClFN4O2. The molecule has 0 spiro atoms. The lowest BCUT2D eigenvalue weighted by Gasteiger charge is -2.09. The van der Waals surface area contributed by atoms with Crippen LogP contribution < -0.4 is 5.32 Å². The normalized spacial score (nSPS) is 16.6. The number of hydrogen-bond acceptors (Lipinski definition) is 4. The lowest BCUT2D eigenvalue weighted by atomic mass is 10.0. The maximum absolute atomic E-state index is 13.9. The molecule has 0 saturated carbocycles. The number of carbonyl (C=O) groups is 1. The molecule has 6 nitrogen and oxygen atoms in total. The minimum atomic E-state index is -0.764. The molecule has 1 aromatic carbocycles. The van der Waals surface area contributed by atoms with Gasteiger partial charge < -0.3 is 10.2 Å². The van der Waals surface area contributed by atoms with Crippen LogP contribution in [0.1, 0.15) is 18.4 Å². The van der Waals surface area contributed by atoms with Crippen molar-refractivity contribution in [2.45, 2.75) is 25.5 Å². The molecule has 1 atom stereocenters. The van der Waals surface area contributed by atoms with Crippen molar-refractivity contribution < 1.29 is 14.0 Å². The Morgan fingerprint density at radius 3 is 3.08 bits per heavy atom. The van der Waals surface area contributed by atoms with E-state index in [1.54, 1.807) is 16.9 Å². The molecule has 2 aromatic rings. The third-order valence-electron chi connectivity index (χ3n) is 3.64. The van der Waals surface area contributed by atoms with E-state index in [0.29, 0.717) is 18.8 Å². The van der Waals surface area contributed by atoms with Crippen molar-refractivity contribution in [2.24, 2.45) is 5.16 Å². The number of oxime groups is 1. The van der Waals surface area contributed by atoms with E-state index < -0.39 is 11.9 Å². The Hall–Kier alpha value is -2.41. The number of amides is 1. The van der Waals surface area contributed by atoms with E-state index in [1.807, 2.05) is 12.3 Å². The predicted octanol–water partition coefficient (Wildman–Crippen LogP) is 2.38. The summed E-state index contributed by atoms with van der Waals surface area (Å²) < 4.78 is 15.7. The SMILES string of the molecule is O=C(NCCCn1cccn1)[C@H]1CC(c2c(F)cccc2Cl)=NO1. The van der Waals surface area contributed by atoms with Gasteiger partial charge in [0.15, 0.2) is 0 Å². The van der Waals surface area contributed by atoms with E-state index in [-0.39, 0.29) is 22.9 Å². The third kappa shape index (κ3) is 3.73. The van der Waals surface area contributed by atoms with Crippen LogP contribution in [0.5, 0.6) is 0 Å². The summed E-state index contributed by atoms with van der Waals surface area (Å²) in [5, 5.41) is 10.9. The summed E-state index contributed by atoms with van der Waals surface area (Å²) >= 11 is 6.00. The molecule has 0 saturated heterocycles. The number of halogens is 2. The molecule has 1 N–H and O–H groups in total. The summed E-state index contributed by atoms with van der Waals surface area (Å²) in [7, 11) is 0. The minimum Gasteiger partial charge on any atom is -0.382 e. The van der Waals surface area contributed by atoms with Crippen LogP contribution in [0.4, 0.5) is 4.39 Å². The molecular weight excluding hydrogens is 335 g/mol. The molecule has 0 radical (unpaired) electrons. The number of nitrogens with zero attached hydrogens (tertiary/aromatic N) is 3. The molecule has 2 heterocycles. The Morgan fingerprint density at radius 2 is 2.33 bits per heavy atom. The van der Waals surface area contributed by atoms with Crippen molar-refractivity contribution in [2.75, 3.05) is 6.54 Å². The van der Waals surface area contributed by atoms with Crippen molar-refractivity contribution in [3.63, 3.8) is 0 Å². The second kappa shape index (κ2) is 7.44. The fourth-order valence-electron chi connectivity index (χ4n) is 2.44. The van der Waals surface area contributed by atoms with Crippen LogP contribution in [0.25, 0.3) is 0 Å². The minimum absolute atomic E-state index is 0.186. The fourth-order valence-corrected chi connectivity index (χ4v) is 2.71. The second-order valence-electron chi connectivity index (χ2n) is 5.35. The van der Waals surface area contributed by atoms with E-state index in [9.17, 15) is 9.18 Å². The number of hydrogen-bond donors (Lipinski definition) is 1. The van der Waals surface area contributed by atoms with Crippen LogP contribution in [0, 0.1) is 5.82 Å². The number of aromatic nitrogens is 2. The Labute approximate surface area is 143 Å². The predicted molar refractivity (Wildman–Crippen MR) is 87.3 cm³/mol. The summed E-state index contributed by atoms with van der Waals surface area (Å²) in [5.41, 5.74) is 0.530. The van der Waals surface area contributed by atoms with Gasteiger partial charge in [0, 0.05) is 31.9 Å².